The van der Waals surface area contributed by atoms with Gasteiger partial charge in [0.2, 0.25) is 5.91 Å². The lowest BCUT2D eigenvalue weighted by Gasteiger charge is -2.29. The molecule has 3 atom stereocenters. The van der Waals surface area contributed by atoms with E-state index in [0.29, 0.717) is 19.5 Å². The van der Waals surface area contributed by atoms with Crippen LogP contribution in [0.25, 0.3) is 0 Å². The smallest absolute Gasteiger partial charge is 0.225 e. The van der Waals surface area contributed by atoms with Crippen molar-refractivity contribution in [2.45, 2.75) is 43.9 Å². The number of rotatable bonds is 3. The highest BCUT2D eigenvalue weighted by molar-refractivity contribution is 5.77. The Bertz CT molecular complexity index is 266. The van der Waals surface area contributed by atoms with E-state index in [0.717, 1.165) is 25.9 Å². The number of aliphatic hydroxyl groups excluding tert-OH is 1. The zero-order chi connectivity index (χ0) is 12.3. The number of carbonyl (C=O) groups excluding carboxylic acids is 1. The highest BCUT2D eigenvalue weighted by atomic mass is 16.5. The monoisotopic (exact) mass is 242 g/mol. The van der Waals surface area contributed by atoms with Gasteiger partial charge in [-0.05, 0) is 19.3 Å². The molecule has 0 spiro atoms. The molecular formula is C12H22N2O3. The number of carbonyl (C=O) groups is 1. The Labute approximate surface area is 102 Å². The van der Waals surface area contributed by atoms with Crippen LogP contribution in [0.15, 0.2) is 0 Å². The van der Waals surface area contributed by atoms with Crippen molar-refractivity contribution in [1.29, 1.82) is 0 Å². The van der Waals surface area contributed by atoms with Crippen molar-refractivity contribution in [2.24, 2.45) is 0 Å². The first-order chi connectivity index (χ1) is 8.18. The van der Waals surface area contributed by atoms with E-state index in [9.17, 15) is 9.90 Å². The van der Waals surface area contributed by atoms with Gasteiger partial charge < -0.3 is 20.1 Å². The van der Waals surface area contributed by atoms with E-state index >= 15 is 0 Å². The van der Waals surface area contributed by atoms with Crippen molar-refractivity contribution in [1.82, 2.24) is 10.2 Å². The molecule has 2 aliphatic heterocycles. The number of ether oxygens (including phenoxy) is 1. The molecule has 0 aromatic rings. The zero-order valence-corrected chi connectivity index (χ0v) is 10.4. The Morgan fingerprint density at radius 2 is 2.29 bits per heavy atom. The minimum Gasteiger partial charge on any atom is -0.390 e. The SMILES string of the molecule is CN(C(=O)CC1CCCCO1)[C@@H]1CNC[C@H]1O. The van der Waals surface area contributed by atoms with Crippen LogP contribution in [0.1, 0.15) is 25.7 Å². The maximum atomic E-state index is 12.1. The van der Waals surface area contributed by atoms with Gasteiger partial charge in [-0.2, -0.15) is 0 Å². The van der Waals surface area contributed by atoms with Crippen LogP contribution in [0.2, 0.25) is 0 Å². The lowest BCUT2D eigenvalue weighted by atomic mass is 10.1. The lowest BCUT2D eigenvalue weighted by molar-refractivity contribution is -0.137. The van der Waals surface area contributed by atoms with Crippen LogP contribution in [-0.4, -0.2) is 60.9 Å². The summed E-state index contributed by atoms with van der Waals surface area (Å²) < 4.78 is 5.56. The third-order valence-electron chi connectivity index (χ3n) is 3.72. The Morgan fingerprint density at radius 3 is 2.88 bits per heavy atom. The molecule has 0 saturated carbocycles. The van der Waals surface area contributed by atoms with Gasteiger partial charge in [0.25, 0.3) is 0 Å². The van der Waals surface area contributed by atoms with Gasteiger partial charge in [-0.1, -0.05) is 0 Å². The molecule has 17 heavy (non-hydrogen) atoms. The molecule has 5 nitrogen and oxygen atoms in total. The van der Waals surface area contributed by atoms with Crippen LogP contribution >= 0.6 is 0 Å². The quantitative estimate of drug-likeness (QED) is 0.715. The van der Waals surface area contributed by atoms with Crippen LogP contribution < -0.4 is 5.32 Å². The van der Waals surface area contributed by atoms with Crippen LogP contribution in [0.4, 0.5) is 0 Å². The van der Waals surface area contributed by atoms with Gasteiger partial charge in [-0.3, -0.25) is 4.79 Å². The molecule has 98 valence electrons. The summed E-state index contributed by atoms with van der Waals surface area (Å²) in [6, 6.07) is -0.0916. The summed E-state index contributed by atoms with van der Waals surface area (Å²) in [5, 5.41) is 12.8. The first kappa shape index (κ1) is 12.8. The van der Waals surface area contributed by atoms with Gasteiger partial charge in [0.15, 0.2) is 0 Å². The normalized spacial score (nSPS) is 33.6. The van der Waals surface area contributed by atoms with Gasteiger partial charge in [-0.15, -0.1) is 0 Å². The van der Waals surface area contributed by atoms with E-state index in [1.807, 2.05) is 0 Å². The second-order valence-corrected chi connectivity index (χ2v) is 4.99. The average Bonchev–Trinajstić information content (AvgIpc) is 2.76. The molecule has 0 bridgehead atoms. The third kappa shape index (κ3) is 3.18. The van der Waals surface area contributed by atoms with Crippen LogP contribution in [0, 0.1) is 0 Å². The number of nitrogens with zero attached hydrogens (tertiary/aromatic N) is 1. The van der Waals surface area contributed by atoms with Gasteiger partial charge >= 0.3 is 0 Å². The molecule has 2 heterocycles. The summed E-state index contributed by atoms with van der Waals surface area (Å²) in [4.78, 5) is 13.7. The first-order valence-electron chi connectivity index (χ1n) is 6.44. The van der Waals surface area contributed by atoms with E-state index in [1.165, 1.54) is 0 Å². The number of hydrogen-bond donors (Lipinski definition) is 2. The van der Waals surface area contributed by atoms with Crippen molar-refractivity contribution in [2.75, 3.05) is 26.7 Å². The Balaban J connectivity index is 1.81. The molecule has 2 aliphatic rings. The fourth-order valence-electron chi connectivity index (χ4n) is 2.54. The summed E-state index contributed by atoms with van der Waals surface area (Å²) in [6.07, 6.45) is 3.30. The maximum absolute atomic E-state index is 12.1. The van der Waals surface area contributed by atoms with Crippen molar-refractivity contribution in [3.05, 3.63) is 0 Å². The Morgan fingerprint density at radius 1 is 1.47 bits per heavy atom. The number of β-amino-alcohol motifs (C(OH)–C–C–N with tert-alkyl or cyclic N) is 1. The molecule has 2 rings (SSSR count). The standard InChI is InChI=1S/C12H22N2O3/c1-14(10-7-13-8-11(10)15)12(16)6-9-4-2-3-5-17-9/h9-11,13,15H,2-8H2,1H3/t9?,10-,11-/m1/s1. The number of amides is 1. The van der Waals surface area contributed by atoms with Crippen LogP contribution in [-0.2, 0) is 9.53 Å². The molecule has 0 aliphatic carbocycles. The molecule has 1 amide bonds. The lowest BCUT2D eigenvalue weighted by Crippen LogP contribution is -2.45. The Kier molecular flexibility index (Phi) is 4.36. The third-order valence-corrected chi connectivity index (χ3v) is 3.72. The van der Waals surface area contributed by atoms with Crippen LogP contribution in [0.3, 0.4) is 0 Å². The molecule has 2 saturated heterocycles. The second-order valence-electron chi connectivity index (χ2n) is 4.99. The van der Waals surface area contributed by atoms with Crippen molar-refractivity contribution in [3.63, 3.8) is 0 Å². The summed E-state index contributed by atoms with van der Waals surface area (Å²) >= 11 is 0. The molecule has 0 aromatic carbocycles. The zero-order valence-electron chi connectivity index (χ0n) is 10.4. The van der Waals surface area contributed by atoms with E-state index in [2.05, 4.69) is 5.32 Å². The molecule has 0 aromatic heterocycles. The van der Waals surface area contributed by atoms with Gasteiger partial charge in [0.05, 0.1) is 24.7 Å². The minimum absolute atomic E-state index is 0.0737. The number of hydrogen-bond acceptors (Lipinski definition) is 4. The predicted octanol–water partition coefficient (Wildman–Crippen LogP) is -0.263. The van der Waals surface area contributed by atoms with Gasteiger partial charge in [0.1, 0.15) is 0 Å². The molecule has 2 fully saturated rings. The summed E-state index contributed by atoms with van der Waals surface area (Å²) in [5.74, 6) is 0.0737. The Hall–Kier alpha value is -0.650. The van der Waals surface area contributed by atoms with E-state index in [4.69, 9.17) is 4.74 Å². The minimum atomic E-state index is -0.448. The molecule has 0 radical (unpaired) electrons. The van der Waals surface area contributed by atoms with E-state index < -0.39 is 6.10 Å². The van der Waals surface area contributed by atoms with Gasteiger partial charge in [0, 0.05) is 26.7 Å². The number of nitrogens with one attached hydrogen (secondary N) is 1. The number of likely N-dealkylation sites (N-methyl/N-ethyl adjacent to an activating group) is 1. The topological polar surface area (TPSA) is 61.8 Å². The maximum Gasteiger partial charge on any atom is 0.225 e. The highest BCUT2D eigenvalue weighted by Gasteiger charge is 2.32. The fraction of sp³-hybridized carbons (Fsp3) is 0.917. The second kappa shape index (κ2) is 5.80. The summed E-state index contributed by atoms with van der Waals surface area (Å²) in [6.45, 7) is 2.02. The average molecular weight is 242 g/mol. The van der Waals surface area contributed by atoms with Crippen molar-refractivity contribution >= 4 is 5.91 Å². The highest BCUT2D eigenvalue weighted by Crippen LogP contribution is 2.17. The van der Waals surface area contributed by atoms with Crippen molar-refractivity contribution in [3.8, 4) is 0 Å². The molecular weight excluding hydrogens is 220 g/mol. The summed E-state index contributed by atoms with van der Waals surface area (Å²) in [7, 11) is 1.77. The fourth-order valence-corrected chi connectivity index (χ4v) is 2.54. The molecule has 2 N–H and O–H groups in total. The molecule has 5 heteroatoms. The largest absolute Gasteiger partial charge is 0.390 e. The van der Waals surface area contributed by atoms with E-state index in [-0.39, 0.29) is 18.1 Å². The number of aliphatic hydroxyl groups is 1. The predicted molar refractivity (Wildman–Crippen MR) is 63.6 cm³/mol. The summed E-state index contributed by atoms with van der Waals surface area (Å²) in [5.41, 5.74) is 0. The van der Waals surface area contributed by atoms with Crippen LogP contribution in [0.5, 0.6) is 0 Å². The first-order valence-corrected chi connectivity index (χ1v) is 6.44. The van der Waals surface area contributed by atoms with Crippen molar-refractivity contribution < 1.29 is 14.6 Å². The molecule has 1 unspecified atom stereocenters. The van der Waals surface area contributed by atoms with E-state index in [1.54, 1.807) is 11.9 Å². The van der Waals surface area contributed by atoms with Gasteiger partial charge in [-0.25, -0.2) is 0 Å².